The van der Waals surface area contributed by atoms with E-state index in [9.17, 15) is 9.59 Å². The van der Waals surface area contributed by atoms with Crippen molar-refractivity contribution >= 4 is 34.3 Å². The first-order chi connectivity index (χ1) is 12.6. The summed E-state index contributed by atoms with van der Waals surface area (Å²) in [6.45, 7) is 0.259. The fourth-order valence-electron chi connectivity index (χ4n) is 3.14. The standard InChI is InChI=1S/C20H15ClN2O3/c1-26-14-7-6-12-10-13(18(21)22-17(12)11-14)8-9-23-19(24)15-4-2-3-5-16(15)20(23)25/h2-7,10-11H,8-9H2,1H3. The van der Waals surface area contributed by atoms with E-state index in [0.717, 1.165) is 16.5 Å². The van der Waals surface area contributed by atoms with E-state index in [-0.39, 0.29) is 18.4 Å². The Morgan fingerprint density at radius 1 is 1.04 bits per heavy atom. The van der Waals surface area contributed by atoms with Gasteiger partial charge in [-0.3, -0.25) is 14.5 Å². The van der Waals surface area contributed by atoms with Crippen LogP contribution in [0.4, 0.5) is 0 Å². The largest absolute Gasteiger partial charge is 0.497 e. The number of benzene rings is 2. The first kappa shape index (κ1) is 16.5. The normalized spacial score (nSPS) is 13.4. The molecule has 26 heavy (non-hydrogen) atoms. The number of carbonyl (C=O) groups excluding carboxylic acids is 2. The quantitative estimate of drug-likeness (QED) is 0.521. The van der Waals surface area contributed by atoms with E-state index in [1.165, 1.54) is 4.90 Å². The highest BCUT2D eigenvalue weighted by molar-refractivity contribution is 6.30. The molecule has 0 saturated heterocycles. The van der Waals surface area contributed by atoms with Crippen molar-refractivity contribution in [2.75, 3.05) is 13.7 Å². The van der Waals surface area contributed by atoms with Gasteiger partial charge in [-0.2, -0.15) is 0 Å². The van der Waals surface area contributed by atoms with Gasteiger partial charge in [-0.1, -0.05) is 23.7 Å². The van der Waals surface area contributed by atoms with Crippen LogP contribution in [0, 0.1) is 0 Å². The molecular weight excluding hydrogens is 352 g/mol. The van der Waals surface area contributed by atoms with Crippen molar-refractivity contribution in [3.63, 3.8) is 0 Å². The summed E-state index contributed by atoms with van der Waals surface area (Å²) in [5, 5.41) is 1.29. The molecule has 0 radical (unpaired) electrons. The molecule has 0 unspecified atom stereocenters. The van der Waals surface area contributed by atoms with Gasteiger partial charge in [0.2, 0.25) is 0 Å². The Balaban J connectivity index is 1.58. The number of fused-ring (bicyclic) bond motifs is 2. The molecule has 0 saturated carbocycles. The van der Waals surface area contributed by atoms with E-state index in [2.05, 4.69) is 4.98 Å². The van der Waals surface area contributed by atoms with Gasteiger partial charge in [-0.25, -0.2) is 4.98 Å². The maximum atomic E-state index is 12.4. The van der Waals surface area contributed by atoms with Gasteiger partial charge in [-0.05, 0) is 42.3 Å². The average Bonchev–Trinajstić information content (AvgIpc) is 2.90. The van der Waals surface area contributed by atoms with E-state index in [0.29, 0.717) is 28.5 Å². The van der Waals surface area contributed by atoms with Crippen LogP contribution in [-0.2, 0) is 6.42 Å². The number of imide groups is 1. The molecule has 4 rings (SSSR count). The molecule has 1 aromatic heterocycles. The van der Waals surface area contributed by atoms with Gasteiger partial charge in [0.1, 0.15) is 10.9 Å². The lowest BCUT2D eigenvalue weighted by molar-refractivity contribution is 0.0656. The molecule has 6 heteroatoms. The van der Waals surface area contributed by atoms with Crippen LogP contribution in [0.1, 0.15) is 26.3 Å². The predicted molar refractivity (Wildman–Crippen MR) is 98.8 cm³/mol. The second-order valence-electron chi connectivity index (χ2n) is 6.05. The Labute approximate surface area is 155 Å². The summed E-state index contributed by atoms with van der Waals surface area (Å²) in [5.41, 5.74) is 2.43. The minimum atomic E-state index is -0.264. The molecule has 1 aliphatic heterocycles. The van der Waals surface area contributed by atoms with E-state index in [1.54, 1.807) is 31.4 Å². The van der Waals surface area contributed by atoms with Crippen LogP contribution in [0.25, 0.3) is 10.9 Å². The molecule has 2 aromatic carbocycles. The molecule has 1 aliphatic rings. The number of halogens is 1. The van der Waals surface area contributed by atoms with Crippen LogP contribution in [0.2, 0.25) is 5.15 Å². The Hall–Kier alpha value is -2.92. The van der Waals surface area contributed by atoms with Crippen LogP contribution >= 0.6 is 11.6 Å². The highest BCUT2D eigenvalue weighted by Gasteiger charge is 2.34. The van der Waals surface area contributed by atoms with E-state index in [1.807, 2.05) is 24.3 Å². The van der Waals surface area contributed by atoms with Gasteiger partial charge in [0.05, 0.1) is 23.8 Å². The monoisotopic (exact) mass is 366 g/mol. The molecule has 0 spiro atoms. The van der Waals surface area contributed by atoms with Crippen molar-refractivity contribution in [1.29, 1.82) is 0 Å². The minimum Gasteiger partial charge on any atom is -0.497 e. The Kier molecular flexibility index (Phi) is 4.09. The molecule has 130 valence electrons. The van der Waals surface area contributed by atoms with Crippen LogP contribution in [-0.4, -0.2) is 35.4 Å². The van der Waals surface area contributed by atoms with E-state index >= 15 is 0 Å². The molecule has 2 amide bonds. The molecule has 3 aromatic rings. The van der Waals surface area contributed by atoms with Crippen molar-refractivity contribution < 1.29 is 14.3 Å². The van der Waals surface area contributed by atoms with Crippen LogP contribution < -0.4 is 4.74 Å². The Bertz CT molecular complexity index is 1010. The fraction of sp³-hybridized carbons (Fsp3) is 0.150. The topological polar surface area (TPSA) is 59.5 Å². The third-order valence-corrected chi connectivity index (χ3v) is 4.86. The summed E-state index contributed by atoms with van der Waals surface area (Å²) < 4.78 is 5.20. The van der Waals surface area contributed by atoms with Gasteiger partial charge in [0.25, 0.3) is 11.8 Å². The first-order valence-electron chi connectivity index (χ1n) is 8.17. The first-order valence-corrected chi connectivity index (χ1v) is 8.54. The summed E-state index contributed by atoms with van der Waals surface area (Å²) >= 11 is 6.31. The van der Waals surface area contributed by atoms with Gasteiger partial charge in [0, 0.05) is 18.0 Å². The number of hydrogen-bond acceptors (Lipinski definition) is 4. The lowest BCUT2D eigenvalue weighted by atomic mass is 10.1. The van der Waals surface area contributed by atoms with Crippen molar-refractivity contribution in [2.24, 2.45) is 0 Å². The number of aromatic nitrogens is 1. The highest BCUT2D eigenvalue weighted by Crippen LogP contribution is 2.26. The van der Waals surface area contributed by atoms with Gasteiger partial charge < -0.3 is 4.74 Å². The smallest absolute Gasteiger partial charge is 0.261 e. The second-order valence-corrected chi connectivity index (χ2v) is 6.41. The lowest BCUT2D eigenvalue weighted by Crippen LogP contribution is -2.31. The summed E-state index contributed by atoms with van der Waals surface area (Å²) in [5.74, 6) is 0.181. The fourth-order valence-corrected chi connectivity index (χ4v) is 3.38. The summed E-state index contributed by atoms with van der Waals surface area (Å²) in [6.07, 6.45) is 0.444. The molecule has 5 nitrogen and oxygen atoms in total. The maximum Gasteiger partial charge on any atom is 0.261 e. The summed E-state index contributed by atoms with van der Waals surface area (Å²) in [6, 6.07) is 14.4. The van der Waals surface area contributed by atoms with E-state index in [4.69, 9.17) is 16.3 Å². The van der Waals surface area contributed by atoms with Gasteiger partial charge in [0.15, 0.2) is 0 Å². The number of amides is 2. The van der Waals surface area contributed by atoms with Crippen LogP contribution in [0.3, 0.4) is 0 Å². The zero-order chi connectivity index (χ0) is 18.3. The SMILES string of the molecule is COc1ccc2cc(CCN3C(=O)c4ccccc4C3=O)c(Cl)nc2c1. The van der Waals surface area contributed by atoms with Crippen molar-refractivity contribution in [3.05, 3.63) is 70.4 Å². The van der Waals surface area contributed by atoms with Crippen LogP contribution in [0.5, 0.6) is 5.75 Å². The van der Waals surface area contributed by atoms with Crippen molar-refractivity contribution in [1.82, 2.24) is 9.88 Å². The average molecular weight is 367 g/mol. The lowest BCUT2D eigenvalue weighted by Gasteiger charge is -2.14. The zero-order valence-electron chi connectivity index (χ0n) is 14.0. The van der Waals surface area contributed by atoms with Gasteiger partial charge >= 0.3 is 0 Å². The Morgan fingerprint density at radius 3 is 2.38 bits per heavy atom. The molecule has 0 atom stereocenters. The van der Waals surface area contributed by atoms with Crippen molar-refractivity contribution in [3.8, 4) is 5.75 Å². The minimum absolute atomic E-state index is 0.259. The maximum absolute atomic E-state index is 12.4. The van der Waals surface area contributed by atoms with E-state index < -0.39 is 0 Å². The summed E-state index contributed by atoms with van der Waals surface area (Å²) in [7, 11) is 1.60. The number of hydrogen-bond donors (Lipinski definition) is 0. The summed E-state index contributed by atoms with van der Waals surface area (Å²) in [4.78, 5) is 30.5. The molecular formula is C20H15ClN2O3. The third-order valence-electron chi connectivity index (χ3n) is 4.53. The number of rotatable bonds is 4. The van der Waals surface area contributed by atoms with Gasteiger partial charge in [-0.15, -0.1) is 0 Å². The number of nitrogens with zero attached hydrogens (tertiary/aromatic N) is 2. The second kappa shape index (κ2) is 6.42. The number of methoxy groups -OCH3 is 1. The Morgan fingerprint density at radius 2 is 1.73 bits per heavy atom. The highest BCUT2D eigenvalue weighted by atomic mass is 35.5. The predicted octanol–water partition coefficient (Wildman–Crippen LogP) is 3.74. The molecule has 0 bridgehead atoms. The third kappa shape index (κ3) is 2.70. The molecule has 2 heterocycles. The zero-order valence-corrected chi connectivity index (χ0v) is 14.8. The number of carbonyl (C=O) groups is 2. The van der Waals surface area contributed by atoms with Crippen LogP contribution in [0.15, 0.2) is 48.5 Å². The molecule has 0 aliphatic carbocycles. The number of ether oxygens (including phenoxy) is 1. The van der Waals surface area contributed by atoms with Crippen molar-refractivity contribution in [2.45, 2.75) is 6.42 Å². The molecule has 0 N–H and O–H groups in total. The molecule has 0 fully saturated rings. The number of pyridine rings is 1.